The fourth-order valence-electron chi connectivity index (χ4n) is 2.45. The number of benzene rings is 2. The molecule has 0 saturated heterocycles. The molecular weight excluding hydrogens is 428 g/mol. The third-order valence-electron chi connectivity index (χ3n) is 3.57. The van der Waals surface area contributed by atoms with E-state index in [1.165, 1.54) is 13.2 Å². The van der Waals surface area contributed by atoms with Crippen molar-refractivity contribution in [3.63, 3.8) is 0 Å². The maximum atomic E-state index is 14.1. The van der Waals surface area contributed by atoms with Crippen LogP contribution in [0.4, 0.5) is 15.8 Å². The largest absolute Gasteiger partial charge is 0.352 e. The molecule has 3 N–H and O–H groups in total. The third-order valence-corrected chi connectivity index (χ3v) is 4.24. The number of rotatable bonds is 4. The van der Waals surface area contributed by atoms with E-state index in [-0.39, 0.29) is 17.2 Å². The second-order valence-electron chi connectivity index (χ2n) is 5.12. The van der Waals surface area contributed by atoms with Crippen LogP contribution in [0.2, 0.25) is 0 Å². The highest BCUT2D eigenvalue weighted by molar-refractivity contribution is 14.1. The molecule has 8 heteroatoms. The highest BCUT2D eigenvalue weighted by Gasteiger charge is 2.24. The summed E-state index contributed by atoms with van der Waals surface area (Å²) in [4.78, 5) is 28.7. The van der Waals surface area contributed by atoms with Crippen LogP contribution in [0.1, 0.15) is 26.3 Å². The zero-order chi connectivity index (χ0) is 17.3. The van der Waals surface area contributed by atoms with E-state index in [9.17, 15) is 14.0 Å². The number of carbonyl (C=O) groups excluding carboxylic acids is 2. The second-order valence-corrected chi connectivity index (χ2v) is 6.37. The first-order chi connectivity index (χ1) is 11.5. The van der Waals surface area contributed by atoms with E-state index >= 15 is 0 Å². The van der Waals surface area contributed by atoms with Gasteiger partial charge in [-0.3, -0.25) is 14.4 Å². The van der Waals surface area contributed by atoms with E-state index in [4.69, 9.17) is 0 Å². The van der Waals surface area contributed by atoms with Crippen LogP contribution < -0.4 is 16.1 Å². The average Bonchev–Trinajstić information content (AvgIpc) is 2.90. The Labute approximate surface area is 150 Å². The first kappa shape index (κ1) is 16.7. The molecule has 6 nitrogen and oxygen atoms in total. The zero-order valence-electron chi connectivity index (χ0n) is 12.6. The lowest BCUT2D eigenvalue weighted by atomic mass is 10.0. The van der Waals surface area contributed by atoms with Crippen LogP contribution in [0.3, 0.4) is 0 Å². The minimum Gasteiger partial charge on any atom is -0.352 e. The normalized spacial score (nSPS) is 12.5. The van der Waals surface area contributed by atoms with Crippen molar-refractivity contribution in [2.45, 2.75) is 6.54 Å². The molecule has 1 aliphatic heterocycles. The number of fused-ring (bicyclic) bond motifs is 1. The zero-order valence-corrected chi connectivity index (χ0v) is 14.7. The van der Waals surface area contributed by atoms with Crippen LogP contribution >= 0.6 is 22.6 Å². The Morgan fingerprint density at radius 1 is 1.29 bits per heavy atom. The first-order valence-electron chi connectivity index (χ1n) is 7.00. The number of hydrogen-bond donors (Lipinski definition) is 3. The van der Waals surface area contributed by atoms with Gasteiger partial charge in [0.05, 0.1) is 24.0 Å². The quantitative estimate of drug-likeness (QED) is 0.504. The van der Waals surface area contributed by atoms with E-state index in [1.807, 2.05) is 22.6 Å². The molecule has 2 amide bonds. The highest BCUT2D eigenvalue weighted by Crippen LogP contribution is 2.29. The molecule has 1 aliphatic rings. The maximum absolute atomic E-state index is 14.1. The van der Waals surface area contributed by atoms with Gasteiger partial charge < -0.3 is 10.6 Å². The third kappa shape index (κ3) is 3.20. The van der Waals surface area contributed by atoms with Gasteiger partial charge in [0.25, 0.3) is 11.8 Å². The number of carbonyl (C=O) groups is 2. The van der Waals surface area contributed by atoms with Gasteiger partial charge in [-0.15, -0.1) is 0 Å². The second kappa shape index (κ2) is 6.73. The van der Waals surface area contributed by atoms with E-state index < -0.39 is 11.7 Å². The monoisotopic (exact) mass is 441 g/mol. The summed E-state index contributed by atoms with van der Waals surface area (Å²) in [7, 11) is 1.32. The Morgan fingerprint density at radius 3 is 2.79 bits per heavy atom. The Morgan fingerprint density at radius 2 is 2.08 bits per heavy atom. The number of halogens is 2. The molecule has 3 rings (SSSR count). The number of hydroxylamine groups is 1. The summed E-state index contributed by atoms with van der Waals surface area (Å²) in [6.07, 6.45) is 0. The smallest absolute Gasteiger partial charge is 0.276 e. The molecule has 24 heavy (non-hydrogen) atoms. The number of amides is 2. The highest BCUT2D eigenvalue weighted by atomic mass is 127. The molecular formula is C16H13FIN3O3. The summed E-state index contributed by atoms with van der Waals surface area (Å²) in [5.41, 5.74) is 4.18. The molecule has 124 valence electrons. The minimum atomic E-state index is -0.493. The summed E-state index contributed by atoms with van der Waals surface area (Å²) in [5.74, 6) is -1.17. The van der Waals surface area contributed by atoms with Gasteiger partial charge in [-0.05, 0) is 58.5 Å². The van der Waals surface area contributed by atoms with Crippen molar-refractivity contribution in [2.24, 2.45) is 0 Å². The standard InChI is InChI=1S/C16H13FIN3O3/c1-24-21-16(23)11-4-8-7-19-15(22)10(8)6-14(11)20-13-3-2-9(18)5-12(13)17/h2-6,20H,7H2,1H3,(H,19,22)(H,21,23). The first-order valence-corrected chi connectivity index (χ1v) is 8.08. The van der Waals surface area contributed by atoms with Crippen molar-refractivity contribution >= 4 is 45.8 Å². The molecule has 0 aliphatic carbocycles. The van der Waals surface area contributed by atoms with Gasteiger partial charge in [0.2, 0.25) is 0 Å². The Balaban J connectivity index is 2.05. The Hall–Kier alpha value is -2.20. The lowest BCUT2D eigenvalue weighted by Crippen LogP contribution is -2.23. The van der Waals surface area contributed by atoms with Crippen molar-refractivity contribution in [1.29, 1.82) is 0 Å². The lowest BCUT2D eigenvalue weighted by molar-refractivity contribution is 0.0538. The van der Waals surface area contributed by atoms with Crippen molar-refractivity contribution in [2.75, 3.05) is 12.4 Å². The average molecular weight is 441 g/mol. The van der Waals surface area contributed by atoms with Crippen molar-refractivity contribution < 1.29 is 18.8 Å². The molecule has 0 unspecified atom stereocenters. The molecule has 0 bridgehead atoms. The fourth-order valence-corrected chi connectivity index (χ4v) is 2.90. The van der Waals surface area contributed by atoms with Crippen LogP contribution in [-0.2, 0) is 11.4 Å². The van der Waals surface area contributed by atoms with E-state index in [0.717, 1.165) is 3.57 Å². The topological polar surface area (TPSA) is 79.5 Å². The SMILES string of the molecule is CONC(=O)c1cc2c(cc1Nc1ccc(I)cc1F)C(=O)NC2. The van der Waals surface area contributed by atoms with Crippen LogP contribution in [0.15, 0.2) is 30.3 Å². The summed E-state index contributed by atoms with van der Waals surface area (Å²) in [6.45, 7) is 0.347. The van der Waals surface area contributed by atoms with Crippen LogP contribution in [0, 0.1) is 9.39 Å². The number of hydrogen-bond acceptors (Lipinski definition) is 4. The van der Waals surface area contributed by atoms with Gasteiger partial charge >= 0.3 is 0 Å². The molecule has 0 fully saturated rings. The minimum absolute atomic E-state index is 0.209. The van der Waals surface area contributed by atoms with Gasteiger partial charge in [-0.1, -0.05) is 0 Å². The molecule has 0 spiro atoms. The molecule has 0 aromatic heterocycles. The molecule has 1 heterocycles. The molecule has 0 saturated carbocycles. The predicted octanol–water partition coefficient (Wildman–Crippen LogP) is 2.71. The van der Waals surface area contributed by atoms with Crippen molar-refractivity contribution in [3.05, 3.63) is 56.4 Å². The molecule has 0 radical (unpaired) electrons. The number of anilines is 2. The number of nitrogens with one attached hydrogen (secondary N) is 3. The van der Waals surface area contributed by atoms with Gasteiger partial charge in [0.15, 0.2) is 0 Å². The van der Waals surface area contributed by atoms with E-state index in [1.54, 1.807) is 24.3 Å². The summed E-state index contributed by atoms with van der Waals surface area (Å²) in [6, 6.07) is 7.81. The Bertz CT molecular complexity index is 842. The molecule has 2 aromatic rings. The maximum Gasteiger partial charge on any atom is 0.276 e. The van der Waals surface area contributed by atoms with Gasteiger partial charge in [-0.2, -0.15) is 0 Å². The summed E-state index contributed by atoms with van der Waals surface area (Å²) in [5, 5.41) is 5.57. The fraction of sp³-hybridized carbons (Fsp3) is 0.125. The van der Waals surface area contributed by atoms with Gasteiger partial charge in [0, 0.05) is 15.7 Å². The van der Waals surface area contributed by atoms with Crippen LogP contribution in [0.5, 0.6) is 0 Å². The van der Waals surface area contributed by atoms with E-state index in [0.29, 0.717) is 23.4 Å². The molecule has 0 atom stereocenters. The predicted molar refractivity (Wildman–Crippen MR) is 94.5 cm³/mol. The Kier molecular flexibility index (Phi) is 4.67. The van der Waals surface area contributed by atoms with Crippen molar-refractivity contribution in [1.82, 2.24) is 10.8 Å². The van der Waals surface area contributed by atoms with Gasteiger partial charge in [-0.25, -0.2) is 9.87 Å². The van der Waals surface area contributed by atoms with Gasteiger partial charge in [0.1, 0.15) is 5.82 Å². The van der Waals surface area contributed by atoms with Crippen LogP contribution in [0.25, 0.3) is 0 Å². The van der Waals surface area contributed by atoms with Crippen molar-refractivity contribution in [3.8, 4) is 0 Å². The summed E-state index contributed by atoms with van der Waals surface area (Å²) >= 11 is 2.01. The summed E-state index contributed by atoms with van der Waals surface area (Å²) < 4.78 is 14.8. The van der Waals surface area contributed by atoms with E-state index in [2.05, 4.69) is 21.0 Å². The lowest BCUT2D eigenvalue weighted by Gasteiger charge is -2.14. The molecule has 2 aromatic carbocycles. The van der Waals surface area contributed by atoms with Crippen LogP contribution in [-0.4, -0.2) is 18.9 Å².